The van der Waals surface area contributed by atoms with Gasteiger partial charge in [-0.15, -0.1) is 0 Å². The highest BCUT2D eigenvalue weighted by molar-refractivity contribution is 5.99. The van der Waals surface area contributed by atoms with Gasteiger partial charge in [0.1, 0.15) is 5.75 Å². The topological polar surface area (TPSA) is 39.9 Å². The number of carbonyl (C=O) groups excluding carboxylic acids is 1. The molecule has 0 aliphatic rings. The van der Waals surface area contributed by atoms with E-state index in [1.165, 1.54) is 0 Å². The third-order valence-electron chi connectivity index (χ3n) is 3.56. The Labute approximate surface area is 128 Å². The summed E-state index contributed by atoms with van der Waals surface area (Å²) in [5, 5.41) is 0. The van der Waals surface area contributed by atoms with Gasteiger partial charge in [-0.25, -0.2) is 4.79 Å². The van der Waals surface area contributed by atoms with Gasteiger partial charge in [0.05, 0.1) is 30.5 Å². The summed E-state index contributed by atoms with van der Waals surface area (Å²) in [6.45, 7) is 2.17. The smallest absolute Gasteiger partial charge is 0.340 e. The minimum atomic E-state index is -0.300. The van der Waals surface area contributed by atoms with Crippen LogP contribution in [0.1, 0.15) is 17.3 Å². The average Bonchev–Trinajstić information content (AvgIpc) is 2.95. The number of rotatable bonds is 4. The lowest BCUT2D eigenvalue weighted by atomic mass is 10.1. The monoisotopic (exact) mass is 295 g/mol. The lowest BCUT2D eigenvalue weighted by Gasteiger charge is -2.04. The van der Waals surface area contributed by atoms with E-state index in [0.29, 0.717) is 12.2 Å². The van der Waals surface area contributed by atoms with Gasteiger partial charge in [-0.2, -0.15) is 0 Å². The Kier molecular flexibility index (Phi) is 3.83. The molecule has 22 heavy (non-hydrogen) atoms. The van der Waals surface area contributed by atoms with Crippen LogP contribution in [0.3, 0.4) is 0 Å². The third-order valence-corrected chi connectivity index (χ3v) is 3.56. The fraction of sp³-hybridized carbons (Fsp3) is 0.167. The van der Waals surface area contributed by atoms with E-state index in [0.717, 1.165) is 22.5 Å². The molecule has 0 aliphatic carbocycles. The first-order chi connectivity index (χ1) is 10.7. The summed E-state index contributed by atoms with van der Waals surface area (Å²) in [5.74, 6) is 0.501. The zero-order valence-electron chi connectivity index (χ0n) is 12.6. The molecule has 1 aromatic carbocycles. The van der Waals surface area contributed by atoms with Gasteiger partial charge in [0.25, 0.3) is 0 Å². The number of esters is 1. The highest BCUT2D eigenvalue weighted by atomic mass is 16.5. The lowest BCUT2D eigenvalue weighted by molar-refractivity contribution is 0.0529. The van der Waals surface area contributed by atoms with Crippen LogP contribution in [0.5, 0.6) is 5.75 Å². The zero-order chi connectivity index (χ0) is 15.5. The van der Waals surface area contributed by atoms with Crippen LogP contribution >= 0.6 is 0 Å². The second-order valence-corrected chi connectivity index (χ2v) is 4.85. The number of nitrogens with zero attached hydrogens (tertiary/aromatic N) is 1. The Morgan fingerprint density at radius 1 is 1.14 bits per heavy atom. The van der Waals surface area contributed by atoms with Gasteiger partial charge in [0, 0.05) is 6.20 Å². The molecule has 0 saturated heterocycles. The van der Waals surface area contributed by atoms with Crippen molar-refractivity contribution in [2.24, 2.45) is 0 Å². The summed E-state index contributed by atoms with van der Waals surface area (Å²) in [4.78, 5) is 12.1. The van der Waals surface area contributed by atoms with Crippen molar-refractivity contribution in [1.82, 2.24) is 4.40 Å². The molecule has 3 aromatic rings. The number of carbonyl (C=O) groups is 1. The SMILES string of the molecule is CCOC(=O)c1cc(-c2ccc(OC)cc2)n2ccccc12. The van der Waals surface area contributed by atoms with E-state index in [2.05, 4.69) is 0 Å². The summed E-state index contributed by atoms with van der Waals surface area (Å²) in [5.41, 5.74) is 3.37. The first-order valence-electron chi connectivity index (χ1n) is 7.16. The van der Waals surface area contributed by atoms with Crippen molar-refractivity contribution in [2.75, 3.05) is 13.7 Å². The maximum atomic E-state index is 12.1. The molecule has 0 radical (unpaired) electrons. The van der Waals surface area contributed by atoms with E-state index in [9.17, 15) is 4.79 Å². The van der Waals surface area contributed by atoms with Crippen molar-refractivity contribution >= 4 is 11.5 Å². The van der Waals surface area contributed by atoms with Crippen LogP contribution in [0.15, 0.2) is 54.7 Å². The fourth-order valence-corrected chi connectivity index (χ4v) is 2.51. The van der Waals surface area contributed by atoms with Crippen molar-refractivity contribution in [2.45, 2.75) is 6.92 Å². The maximum Gasteiger partial charge on any atom is 0.340 e. The fourth-order valence-electron chi connectivity index (χ4n) is 2.51. The molecule has 0 aliphatic heterocycles. The van der Waals surface area contributed by atoms with Crippen molar-refractivity contribution in [1.29, 1.82) is 0 Å². The van der Waals surface area contributed by atoms with Crippen LogP contribution in [0.25, 0.3) is 16.8 Å². The molecule has 0 amide bonds. The molecule has 0 spiro atoms. The van der Waals surface area contributed by atoms with Gasteiger partial charge in [0.15, 0.2) is 0 Å². The van der Waals surface area contributed by atoms with Crippen LogP contribution in [0.4, 0.5) is 0 Å². The molecule has 0 bridgehead atoms. The van der Waals surface area contributed by atoms with Crippen molar-refractivity contribution in [3.63, 3.8) is 0 Å². The predicted molar refractivity (Wildman–Crippen MR) is 85.3 cm³/mol. The molecule has 0 atom stereocenters. The third kappa shape index (κ3) is 2.44. The van der Waals surface area contributed by atoms with Gasteiger partial charge in [-0.3, -0.25) is 0 Å². The molecule has 2 aromatic heterocycles. The number of hydrogen-bond donors (Lipinski definition) is 0. The second-order valence-electron chi connectivity index (χ2n) is 4.85. The molecule has 3 rings (SSSR count). The predicted octanol–water partition coefficient (Wildman–Crippen LogP) is 3.79. The average molecular weight is 295 g/mol. The molecule has 4 heteroatoms. The summed E-state index contributed by atoms with van der Waals surface area (Å²) in [6.07, 6.45) is 1.94. The maximum absolute atomic E-state index is 12.1. The van der Waals surface area contributed by atoms with Crippen molar-refractivity contribution in [3.8, 4) is 17.0 Å². The quantitative estimate of drug-likeness (QED) is 0.687. The minimum absolute atomic E-state index is 0.300. The molecular weight excluding hydrogens is 278 g/mol. The number of benzene rings is 1. The highest BCUT2D eigenvalue weighted by Gasteiger charge is 2.16. The summed E-state index contributed by atoms with van der Waals surface area (Å²) >= 11 is 0. The van der Waals surface area contributed by atoms with E-state index in [1.807, 2.05) is 59.1 Å². The Morgan fingerprint density at radius 3 is 2.59 bits per heavy atom. The van der Waals surface area contributed by atoms with E-state index in [-0.39, 0.29) is 5.97 Å². The summed E-state index contributed by atoms with van der Waals surface area (Å²) in [6, 6.07) is 15.4. The van der Waals surface area contributed by atoms with Gasteiger partial charge in [-0.05, 0) is 55.0 Å². The molecule has 0 unspecified atom stereocenters. The molecule has 4 nitrogen and oxygen atoms in total. The standard InChI is InChI=1S/C18H17NO3/c1-3-22-18(20)15-12-17(19-11-5-4-6-16(15)19)13-7-9-14(21-2)10-8-13/h4-12H,3H2,1-2H3. The number of hydrogen-bond acceptors (Lipinski definition) is 3. The molecule has 0 fully saturated rings. The second kappa shape index (κ2) is 5.93. The summed E-state index contributed by atoms with van der Waals surface area (Å²) in [7, 11) is 1.64. The lowest BCUT2D eigenvalue weighted by Crippen LogP contribution is -2.03. The molecule has 0 saturated carbocycles. The van der Waals surface area contributed by atoms with Crippen LogP contribution in [0, 0.1) is 0 Å². The van der Waals surface area contributed by atoms with E-state index >= 15 is 0 Å². The molecule has 0 N–H and O–H groups in total. The van der Waals surface area contributed by atoms with Crippen LogP contribution < -0.4 is 4.74 Å². The Hall–Kier alpha value is -2.75. The zero-order valence-corrected chi connectivity index (χ0v) is 12.6. The van der Waals surface area contributed by atoms with Crippen LogP contribution in [0.2, 0.25) is 0 Å². The molecule has 112 valence electrons. The number of fused-ring (bicyclic) bond motifs is 1. The number of ether oxygens (including phenoxy) is 2. The van der Waals surface area contributed by atoms with Gasteiger partial charge < -0.3 is 13.9 Å². The van der Waals surface area contributed by atoms with Crippen molar-refractivity contribution in [3.05, 3.63) is 60.3 Å². The van der Waals surface area contributed by atoms with E-state index in [4.69, 9.17) is 9.47 Å². The highest BCUT2D eigenvalue weighted by Crippen LogP contribution is 2.28. The van der Waals surface area contributed by atoms with Gasteiger partial charge >= 0.3 is 5.97 Å². The molecular formula is C18H17NO3. The summed E-state index contributed by atoms with van der Waals surface area (Å²) < 4.78 is 12.3. The number of aromatic nitrogens is 1. The first-order valence-corrected chi connectivity index (χ1v) is 7.16. The number of pyridine rings is 1. The van der Waals surface area contributed by atoms with Gasteiger partial charge in [0.2, 0.25) is 0 Å². The minimum Gasteiger partial charge on any atom is -0.497 e. The van der Waals surface area contributed by atoms with Crippen LogP contribution in [-0.4, -0.2) is 24.1 Å². The van der Waals surface area contributed by atoms with E-state index < -0.39 is 0 Å². The van der Waals surface area contributed by atoms with Crippen LogP contribution in [-0.2, 0) is 4.74 Å². The Morgan fingerprint density at radius 2 is 1.91 bits per heavy atom. The normalized spacial score (nSPS) is 10.6. The number of methoxy groups -OCH3 is 1. The van der Waals surface area contributed by atoms with Gasteiger partial charge in [-0.1, -0.05) is 6.07 Å². The van der Waals surface area contributed by atoms with E-state index in [1.54, 1.807) is 14.0 Å². The van der Waals surface area contributed by atoms with Crippen molar-refractivity contribution < 1.29 is 14.3 Å². The Balaban J connectivity index is 2.14. The first kappa shape index (κ1) is 14.2. The largest absolute Gasteiger partial charge is 0.497 e. The molecule has 2 heterocycles. The Bertz CT molecular complexity index is 803.